The average molecular weight is 595 g/mol. The second-order valence-electron chi connectivity index (χ2n) is 8.20. The highest BCUT2D eigenvalue weighted by Gasteiger charge is 2.15. The summed E-state index contributed by atoms with van der Waals surface area (Å²) in [4.78, 5) is 21.0. The van der Waals surface area contributed by atoms with Crippen molar-refractivity contribution in [3.05, 3.63) is 115 Å². The molecule has 12 nitrogen and oxygen atoms in total. The van der Waals surface area contributed by atoms with Gasteiger partial charge < -0.3 is 9.47 Å². The maximum absolute atomic E-state index is 11.1. The summed E-state index contributed by atoms with van der Waals surface area (Å²) < 4.78 is 10.8. The Morgan fingerprint density at radius 3 is 1.98 bits per heavy atom. The fourth-order valence-corrected chi connectivity index (χ4v) is 4.06. The largest absolute Gasteiger partial charge is 0.497 e. The number of halogens is 2. The van der Waals surface area contributed by atoms with E-state index in [1.54, 1.807) is 37.4 Å². The lowest BCUT2D eigenvalue weighted by Gasteiger charge is -2.12. The van der Waals surface area contributed by atoms with Crippen molar-refractivity contribution in [2.45, 2.75) is 0 Å². The molecule has 41 heavy (non-hydrogen) atoms. The molecule has 0 saturated carbocycles. The van der Waals surface area contributed by atoms with Crippen LogP contribution in [0.5, 0.6) is 11.5 Å². The maximum atomic E-state index is 11.1. The molecule has 4 aromatic carbocycles. The lowest BCUT2D eigenvalue weighted by atomic mass is 10.0. The first-order chi connectivity index (χ1) is 19.7. The van der Waals surface area contributed by atoms with Crippen LogP contribution in [-0.4, -0.2) is 29.9 Å². The number of nitro benzene ring substituents is 2. The summed E-state index contributed by atoms with van der Waals surface area (Å²) in [6, 6.07) is 19.5. The molecule has 0 bridgehead atoms. The Morgan fingerprint density at radius 1 is 0.780 bits per heavy atom. The number of nitro groups is 2. The molecule has 0 unspecified atom stereocenters. The first-order valence-electron chi connectivity index (χ1n) is 11.7. The Bertz CT molecular complexity index is 1660. The van der Waals surface area contributed by atoms with Gasteiger partial charge >= 0.3 is 0 Å². The van der Waals surface area contributed by atoms with Crippen molar-refractivity contribution in [2.24, 2.45) is 15.3 Å². The zero-order chi connectivity index (χ0) is 29.5. The minimum Gasteiger partial charge on any atom is -0.497 e. The Hall–Kier alpha value is -5.07. The molecular formula is C27H20Cl2N6O6. The van der Waals surface area contributed by atoms with Crippen LogP contribution in [0.2, 0.25) is 10.0 Å². The van der Waals surface area contributed by atoms with E-state index in [2.05, 4.69) is 20.8 Å². The van der Waals surface area contributed by atoms with Gasteiger partial charge in [0.25, 0.3) is 11.4 Å². The average Bonchev–Trinajstić information content (AvgIpc) is 2.98. The second-order valence-corrected chi connectivity index (χ2v) is 9.02. The van der Waals surface area contributed by atoms with Gasteiger partial charge in [0.05, 0.1) is 34.8 Å². The normalized spacial score (nSPS) is 11.4. The Balaban J connectivity index is 1.72. The summed E-state index contributed by atoms with van der Waals surface area (Å²) >= 11 is 13.0. The summed E-state index contributed by atoms with van der Waals surface area (Å²) in [5.41, 5.74) is 4.87. The molecule has 1 N–H and O–H groups in total. The van der Waals surface area contributed by atoms with Crippen LogP contribution in [0, 0.1) is 20.2 Å². The van der Waals surface area contributed by atoms with Crippen molar-refractivity contribution in [2.75, 3.05) is 19.6 Å². The van der Waals surface area contributed by atoms with Crippen LogP contribution >= 0.6 is 23.2 Å². The fourth-order valence-electron chi connectivity index (χ4n) is 3.58. The van der Waals surface area contributed by atoms with E-state index in [1.165, 1.54) is 55.6 Å². The smallest absolute Gasteiger partial charge is 0.269 e. The standard InChI is InChI=1S/C27H20Cl2N6O6/c1-40-20-11-12-23(28)21(13-20)22-14-26(41-2)25(15-24(22)29)31-33-27(16-3-7-18(8-4-16)34(36)37)32-30-17-5-9-19(10-6-17)35(38)39/h3-15,30H,1-2H3. The predicted molar refractivity (Wildman–Crippen MR) is 156 cm³/mol. The summed E-state index contributed by atoms with van der Waals surface area (Å²) in [7, 11) is 3.00. The number of non-ortho nitro benzene ring substituents is 2. The molecule has 0 saturated heterocycles. The molecule has 0 aliphatic rings. The molecular weight excluding hydrogens is 575 g/mol. The van der Waals surface area contributed by atoms with E-state index in [1.807, 2.05) is 0 Å². The first kappa shape index (κ1) is 28.9. The minimum atomic E-state index is -0.528. The molecule has 0 aliphatic heterocycles. The highest BCUT2D eigenvalue weighted by Crippen LogP contribution is 2.42. The van der Waals surface area contributed by atoms with E-state index in [0.29, 0.717) is 43.9 Å². The van der Waals surface area contributed by atoms with Crippen molar-refractivity contribution < 1.29 is 19.3 Å². The zero-order valence-corrected chi connectivity index (χ0v) is 23.0. The molecule has 0 spiro atoms. The third-order valence-corrected chi connectivity index (χ3v) is 6.33. The zero-order valence-electron chi connectivity index (χ0n) is 21.4. The molecule has 0 aliphatic carbocycles. The van der Waals surface area contributed by atoms with Crippen LogP contribution in [0.1, 0.15) is 5.56 Å². The number of nitrogens with one attached hydrogen (secondary N) is 1. The van der Waals surface area contributed by atoms with Gasteiger partial charge in [-0.3, -0.25) is 25.7 Å². The van der Waals surface area contributed by atoms with E-state index in [-0.39, 0.29) is 22.9 Å². The number of rotatable bonds is 9. The topological polar surface area (TPSA) is 154 Å². The van der Waals surface area contributed by atoms with E-state index < -0.39 is 9.85 Å². The Labute approximate surface area is 243 Å². The molecule has 0 amide bonds. The Kier molecular flexibility index (Phi) is 9.07. The second kappa shape index (κ2) is 12.9. The molecule has 4 aromatic rings. The third kappa shape index (κ3) is 6.93. The van der Waals surface area contributed by atoms with Crippen molar-refractivity contribution in [3.8, 4) is 22.6 Å². The van der Waals surface area contributed by atoms with E-state index in [9.17, 15) is 20.2 Å². The van der Waals surface area contributed by atoms with E-state index in [4.69, 9.17) is 32.7 Å². The van der Waals surface area contributed by atoms with Gasteiger partial charge in [0, 0.05) is 46.0 Å². The number of hydrogen-bond acceptors (Lipinski definition) is 9. The maximum Gasteiger partial charge on any atom is 0.269 e. The summed E-state index contributed by atoms with van der Waals surface area (Å²) in [6.45, 7) is 0. The number of anilines is 1. The predicted octanol–water partition coefficient (Wildman–Crippen LogP) is 8.05. The van der Waals surface area contributed by atoms with Crippen LogP contribution in [-0.2, 0) is 0 Å². The van der Waals surface area contributed by atoms with Crippen LogP contribution < -0.4 is 14.9 Å². The van der Waals surface area contributed by atoms with Gasteiger partial charge in [-0.25, -0.2) is 0 Å². The van der Waals surface area contributed by atoms with Gasteiger partial charge in [-0.2, -0.15) is 5.10 Å². The highest BCUT2D eigenvalue weighted by atomic mass is 35.5. The molecule has 14 heteroatoms. The number of nitrogens with zero attached hydrogens (tertiary/aromatic N) is 5. The fraction of sp³-hybridized carbons (Fsp3) is 0.0741. The van der Waals surface area contributed by atoms with Crippen molar-refractivity contribution >= 4 is 51.8 Å². The van der Waals surface area contributed by atoms with Crippen LogP contribution in [0.15, 0.2) is 94.2 Å². The number of ether oxygens (including phenoxy) is 2. The molecule has 0 radical (unpaired) electrons. The minimum absolute atomic E-state index is 0.0522. The van der Waals surface area contributed by atoms with E-state index >= 15 is 0 Å². The molecule has 0 heterocycles. The lowest BCUT2D eigenvalue weighted by Crippen LogP contribution is -2.02. The molecule has 4 rings (SSSR count). The van der Waals surface area contributed by atoms with Crippen LogP contribution in [0.4, 0.5) is 22.7 Å². The number of azo groups is 1. The van der Waals surface area contributed by atoms with Crippen molar-refractivity contribution in [3.63, 3.8) is 0 Å². The number of hydrogen-bond donors (Lipinski definition) is 1. The van der Waals surface area contributed by atoms with E-state index in [0.717, 1.165) is 0 Å². The quantitative estimate of drug-likeness (QED) is 0.0675. The molecule has 0 aromatic heterocycles. The Morgan fingerprint density at radius 2 is 1.39 bits per heavy atom. The number of benzene rings is 4. The van der Waals surface area contributed by atoms with Gasteiger partial charge in [-0.15, -0.1) is 10.2 Å². The molecule has 0 atom stereocenters. The van der Waals surface area contributed by atoms with Gasteiger partial charge in [0.15, 0.2) is 0 Å². The number of methoxy groups -OCH3 is 2. The molecule has 0 fully saturated rings. The third-order valence-electron chi connectivity index (χ3n) is 5.69. The van der Waals surface area contributed by atoms with Gasteiger partial charge in [-0.05, 0) is 54.6 Å². The monoisotopic (exact) mass is 594 g/mol. The highest BCUT2D eigenvalue weighted by molar-refractivity contribution is 6.36. The van der Waals surface area contributed by atoms with Crippen molar-refractivity contribution in [1.29, 1.82) is 0 Å². The first-order valence-corrected chi connectivity index (χ1v) is 12.4. The van der Waals surface area contributed by atoms with Gasteiger partial charge in [-0.1, -0.05) is 23.2 Å². The lowest BCUT2D eigenvalue weighted by molar-refractivity contribution is -0.385. The molecule has 208 valence electrons. The van der Waals surface area contributed by atoms with Gasteiger partial charge in [0.2, 0.25) is 5.84 Å². The number of amidine groups is 1. The summed E-state index contributed by atoms with van der Waals surface area (Å²) in [6.07, 6.45) is 0. The van der Waals surface area contributed by atoms with Crippen LogP contribution in [0.25, 0.3) is 11.1 Å². The summed E-state index contributed by atoms with van der Waals surface area (Å²) in [5.74, 6) is 0.974. The SMILES string of the molecule is COc1ccc(Cl)c(-c2cc(OC)c(N=NC(=NNc3ccc([N+](=O)[O-])cc3)c3ccc([N+](=O)[O-])cc3)cc2Cl)c1. The summed E-state index contributed by atoms with van der Waals surface area (Å²) in [5, 5.41) is 35.6. The van der Waals surface area contributed by atoms with Crippen molar-refractivity contribution in [1.82, 2.24) is 0 Å². The van der Waals surface area contributed by atoms with Gasteiger partial charge in [0.1, 0.15) is 17.2 Å². The number of hydrazone groups is 1. The van der Waals surface area contributed by atoms with Crippen LogP contribution in [0.3, 0.4) is 0 Å².